The molecule has 1 N–H and O–H groups in total. The molecule has 1 saturated heterocycles. The summed E-state index contributed by atoms with van der Waals surface area (Å²) in [5.41, 5.74) is 0. The SMILES string of the molecule is COC1CCC(CN2CCCC(O)C2)CC1OC. The van der Waals surface area contributed by atoms with Crippen LogP contribution in [0.5, 0.6) is 0 Å². The number of aliphatic hydroxyl groups is 1. The van der Waals surface area contributed by atoms with E-state index in [9.17, 15) is 5.11 Å². The lowest BCUT2D eigenvalue weighted by Gasteiger charge is -2.38. The van der Waals surface area contributed by atoms with Gasteiger partial charge in [0.25, 0.3) is 0 Å². The van der Waals surface area contributed by atoms with Crippen molar-refractivity contribution in [2.75, 3.05) is 33.9 Å². The number of nitrogens with zero attached hydrogens (tertiary/aromatic N) is 1. The maximum Gasteiger partial charge on any atom is 0.0835 e. The van der Waals surface area contributed by atoms with Gasteiger partial charge in [-0.3, -0.25) is 0 Å². The van der Waals surface area contributed by atoms with Crippen LogP contribution in [0.3, 0.4) is 0 Å². The molecular formula is C14H27NO3. The zero-order valence-electron chi connectivity index (χ0n) is 11.7. The van der Waals surface area contributed by atoms with Crippen LogP contribution in [-0.4, -0.2) is 62.2 Å². The quantitative estimate of drug-likeness (QED) is 0.823. The van der Waals surface area contributed by atoms with Crippen molar-refractivity contribution in [2.24, 2.45) is 5.92 Å². The van der Waals surface area contributed by atoms with Crippen LogP contribution in [0.2, 0.25) is 0 Å². The van der Waals surface area contributed by atoms with Gasteiger partial charge in [0, 0.05) is 27.3 Å². The first kappa shape index (κ1) is 14.3. The van der Waals surface area contributed by atoms with Gasteiger partial charge >= 0.3 is 0 Å². The Morgan fingerprint density at radius 1 is 1.11 bits per heavy atom. The highest BCUT2D eigenvalue weighted by Gasteiger charge is 2.32. The van der Waals surface area contributed by atoms with Gasteiger partial charge in [-0.2, -0.15) is 0 Å². The minimum atomic E-state index is -0.118. The minimum Gasteiger partial charge on any atom is -0.392 e. The molecule has 1 saturated carbocycles. The molecule has 2 rings (SSSR count). The molecule has 0 aromatic carbocycles. The molecule has 2 aliphatic rings. The summed E-state index contributed by atoms with van der Waals surface area (Å²) in [6, 6.07) is 0. The number of piperidine rings is 1. The molecule has 0 bridgehead atoms. The van der Waals surface area contributed by atoms with E-state index >= 15 is 0 Å². The summed E-state index contributed by atoms with van der Waals surface area (Å²) in [7, 11) is 3.56. The summed E-state index contributed by atoms with van der Waals surface area (Å²) >= 11 is 0. The average Bonchev–Trinajstić information content (AvgIpc) is 2.38. The van der Waals surface area contributed by atoms with E-state index in [2.05, 4.69) is 4.90 Å². The van der Waals surface area contributed by atoms with Gasteiger partial charge in [-0.15, -0.1) is 0 Å². The highest BCUT2D eigenvalue weighted by Crippen LogP contribution is 2.29. The Bertz CT molecular complexity index is 249. The molecule has 0 aromatic rings. The molecule has 4 atom stereocenters. The molecule has 0 amide bonds. The van der Waals surface area contributed by atoms with Gasteiger partial charge in [0.1, 0.15) is 0 Å². The van der Waals surface area contributed by atoms with Gasteiger partial charge in [0.2, 0.25) is 0 Å². The van der Waals surface area contributed by atoms with Crippen molar-refractivity contribution in [2.45, 2.75) is 50.4 Å². The summed E-state index contributed by atoms with van der Waals surface area (Å²) < 4.78 is 11.0. The van der Waals surface area contributed by atoms with Crippen molar-refractivity contribution in [3.8, 4) is 0 Å². The number of β-amino-alcohol motifs (C(OH)–C–C–N with tert-alkyl or cyclic N) is 1. The molecule has 0 radical (unpaired) electrons. The normalized spacial score (nSPS) is 38.8. The average molecular weight is 257 g/mol. The van der Waals surface area contributed by atoms with E-state index in [1.54, 1.807) is 14.2 Å². The van der Waals surface area contributed by atoms with Gasteiger partial charge in [-0.05, 0) is 44.6 Å². The third-order valence-electron chi connectivity index (χ3n) is 4.44. The van der Waals surface area contributed by atoms with Crippen LogP contribution < -0.4 is 0 Å². The van der Waals surface area contributed by atoms with Crippen LogP contribution >= 0.6 is 0 Å². The van der Waals surface area contributed by atoms with Crippen molar-refractivity contribution in [1.29, 1.82) is 0 Å². The maximum atomic E-state index is 9.70. The predicted octanol–water partition coefficient (Wildman–Crippen LogP) is 1.27. The first-order valence-electron chi connectivity index (χ1n) is 7.19. The van der Waals surface area contributed by atoms with E-state index < -0.39 is 0 Å². The lowest BCUT2D eigenvalue weighted by molar-refractivity contribution is -0.0748. The highest BCUT2D eigenvalue weighted by atomic mass is 16.5. The van der Waals surface area contributed by atoms with Crippen molar-refractivity contribution >= 4 is 0 Å². The third-order valence-corrected chi connectivity index (χ3v) is 4.44. The fraction of sp³-hybridized carbons (Fsp3) is 1.00. The number of hydrogen-bond acceptors (Lipinski definition) is 4. The number of likely N-dealkylation sites (tertiary alicyclic amines) is 1. The zero-order chi connectivity index (χ0) is 13.0. The zero-order valence-corrected chi connectivity index (χ0v) is 11.7. The molecule has 18 heavy (non-hydrogen) atoms. The van der Waals surface area contributed by atoms with Gasteiger partial charge in [0.05, 0.1) is 18.3 Å². The first-order valence-corrected chi connectivity index (χ1v) is 7.19. The molecule has 1 aliphatic heterocycles. The van der Waals surface area contributed by atoms with E-state index in [0.29, 0.717) is 5.92 Å². The van der Waals surface area contributed by atoms with Crippen LogP contribution in [0.4, 0.5) is 0 Å². The smallest absolute Gasteiger partial charge is 0.0835 e. The second kappa shape index (κ2) is 6.85. The molecule has 4 unspecified atom stereocenters. The monoisotopic (exact) mass is 257 g/mol. The molecule has 0 spiro atoms. The number of ether oxygens (including phenoxy) is 2. The molecule has 1 aliphatic carbocycles. The Kier molecular flexibility index (Phi) is 5.42. The maximum absolute atomic E-state index is 9.70. The van der Waals surface area contributed by atoms with E-state index in [0.717, 1.165) is 45.3 Å². The largest absolute Gasteiger partial charge is 0.392 e. The number of rotatable bonds is 4. The van der Waals surface area contributed by atoms with Crippen molar-refractivity contribution in [3.63, 3.8) is 0 Å². The van der Waals surface area contributed by atoms with Gasteiger partial charge in [0.15, 0.2) is 0 Å². The third kappa shape index (κ3) is 3.67. The lowest BCUT2D eigenvalue weighted by Crippen LogP contribution is -2.44. The first-order chi connectivity index (χ1) is 8.72. The van der Waals surface area contributed by atoms with Crippen LogP contribution in [0.1, 0.15) is 32.1 Å². The van der Waals surface area contributed by atoms with Crippen molar-refractivity contribution < 1.29 is 14.6 Å². The molecule has 2 fully saturated rings. The molecule has 0 aromatic heterocycles. The molecule has 4 heteroatoms. The van der Waals surface area contributed by atoms with E-state index in [-0.39, 0.29) is 18.3 Å². The van der Waals surface area contributed by atoms with Gasteiger partial charge in [-0.1, -0.05) is 0 Å². The standard InChI is InChI=1S/C14H27NO3/c1-17-13-6-5-11(8-14(13)18-2)9-15-7-3-4-12(16)10-15/h11-14,16H,3-10H2,1-2H3. The summed E-state index contributed by atoms with van der Waals surface area (Å²) in [5.74, 6) is 0.687. The van der Waals surface area contributed by atoms with Crippen LogP contribution in [0, 0.1) is 5.92 Å². The van der Waals surface area contributed by atoms with E-state index in [1.165, 1.54) is 6.42 Å². The summed E-state index contributed by atoms with van der Waals surface area (Å²) in [6.07, 6.45) is 5.87. The van der Waals surface area contributed by atoms with Gasteiger partial charge in [-0.25, -0.2) is 0 Å². The summed E-state index contributed by atoms with van der Waals surface area (Å²) in [4.78, 5) is 2.42. The summed E-state index contributed by atoms with van der Waals surface area (Å²) in [5, 5.41) is 9.70. The number of hydrogen-bond donors (Lipinski definition) is 1. The fourth-order valence-corrected chi connectivity index (χ4v) is 3.43. The summed E-state index contributed by atoms with van der Waals surface area (Å²) in [6.45, 7) is 3.09. The highest BCUT2D eigenvalue weighted by molar-refractivity contribution is 4.84. The van der Waals surface area contributed by atoms with Crippen molar-refractivity contribution in [1.82, 2.24) is 4.90 Å². The Morgan fingerprint density at radius 2 is 1.89 bits per heavy atom. The van der Waals surface area contributed by atoms with Crippen LogP contribution in [0.15, 0.2) is 0 Å². The second-order valence-electron chi connectivity index (χ2n) is 5.78. The Labute approximate surface area is 110 Å². The predicted molar refractivity (Wildman–Crippen MR) is 70.6 cm³/mol. The molecule has 1 heterocycles. The minimum absolute atomic E-state index is 0.118. The molecule has 4 nitrogen and oxygen atoms in total. The molecule has 106 valence electrons. The Balaban J connectivity index is 1.79. The van der Waals surface area contributed by atoms with E-state index in [1.807, 2.05) is 0 Å². The lowest BCUT2D eigenvalue weighted by atomic mass is 9.84. The van der Waals surface area contributed by atoms with Crippen molar-refractivity contribution in [3.05, 3.63) is 0 Å². The Hall–Kier alpha value is -0.160. The number of aliphatic hydroxyl groups excluding tert-OH is 1. The van der Waals surface area contributed by atoms with Gasteiger partial charge < -0.3 is 19.5 Å². The number of methoxy groups -OCH3 is 2. The Morgan fingerprint density at radius 3 is 2.56 bits per heavy atom. The second-order valence-corrected chi connectivity index (χ2v) is 5.78. The fourth-order valence-electron chi connectivity index (χ4n) is 3.43. The van der Waals surface area contributed by atoms with Crippen LogP contribution in [0.25, 0.3) is 0 Å². The topological polar surface area (TPSA) is 41.9 Å². The van der Waals surface area contributed by atoms with E-state index in [4.69, 9.17) is 9.47 Å². The molecular weight excluding hydrogens is 230 g/mol. The van der Waals surface area contributed by atoms with Crippen LogP contribution in [-0.2, 0) is 9.47 Å².